The molecule has 2 N–H and O–H groups in total. The second kappa shape index (κ2) is 9.53. The molecule has 4 aliphatic rings. The molecule has 0 spiro atoms. The maximum Gasteiger partial charge on any atom is 0.469 e. The van der Waals surface area contributed by atoms with Gasteiger partial charge < -0.3 is 9.79 Å². The van der Waals surface area contributed by atoms with Gasteiger partial charge in [0.1, 0.15) is 0 Å². The molecule has 5 nitrogen and oxygen atoms in total. The van der Waals surface area contributed by atoms with Crippen LogP contribution in [0.5, 0.6) is 0 Å². The van der Waals surface area contributed by atoms with Crippen molar-refractivity contribution in [2.45, 2.75) is 127 Å². The first kappa shape index (κ1) is 30.5. The zero-order chi connectivity index (χ0) is 28.7. The van der Waals surface area contributed by atoms with Crippen LogP contribution in [0.2, 0.25) is 0 Å². The molecule has 38 heavy (non-hydrogen) atoms. The molecule has 0 aliphatic heterocycles. The lowest BCUT2D eigenvalue weighted by molar-refractivity contribution is -0.138. The number of phosphoric acid groups is 1. The third-order valence-electron chi connectivity index (χ3n) is 12.8. The van der Waals surface area contributed by atoms with E-state index in [1.165, 1.54) is 31.3 Å². The number of rotatable bonds is 6. The summed E-state index contributed by atoms with van der Waals surface area (Å²) in [5.41, 5.74) is 1.94. The SMILES string of the molecule is C[C@H](CCC(C)(C)C)C(C)(C)[C@H]1CC[C@@]2(C)C3=CC(=O)[C@@H]4C[C@H](OP(=O)(O)O)[C@@H](C)C[C@]4(C)C3CC[C@]12C. The highest BCUT2D eigenvalue weighted by Crippen LogP contribution is 2.74. The number of fused-ring (bicyclic) bond motifs is 5. The third kappa shape index (κ3) is 4.94. The summed E-state index contributed by atoms with van der Waals surface area (Å²) in [6.45, 7) is 23.8. The molecule has 0 heterocycles. The molecule has 4 rings (SSSR count). The van der Waals surface area contributed by atoms with Crippen LogP contribution >= 0.6 is 7.82 Å². The minimum atomic E-state index is -4.60. The van der Waals surface area contributed by atoms with Crippen molar-refractivity contribution in [2.24, 2.45) is 56.7 Å². The molecule has 3 fully saturated rings. The first-order chi connectivity index (χ1) is 17.2. The first-order valence-electron chi connectivity index (χ1n) is 15.2. The Morgan fingerprint density at radius 3 is 2.29 bits per heavy atom. The molecule has 218 valence electrons. The number of allylic oxidation sites excluding steroid dienone is 2. The minimum absolute atomic E-state index is 0.00364. The predicted molar refractivity (Wildman–Crippen MR) is 153 cm³/mol. The summed E-state index contributed by atoms with van der Waals surface area (Å²) in [6.07, 6.45) is 9.70. The zero-order valence-corrected chi connectivity index (χ0v) is 26.7. The van der Waals surface area contributed by atoms with Gasteiger partial charge in [0.25, 0.3) is 0 Å². The Hall–Kier alpha value is -0.480. The van der Waals surface area contributed by atoms with E-state index in [1.807, 2.05) is 13.0 Å². The molecule has 4 aliphatic carbocycles. The minimum Gasteiger partial charge on any atom is -0.303 e. The van der Waals surface area contributed by atoms with E-state index >= 15 is 0 Å². The summed E-state index contributed by atoms with van der Waals surface area (Å²) in [5.74, 6) is 1.51. The van der Waals surface area contributed by atoms with Gasteiger partial charge in [-0.05, 0) is 108 Å². The van der Waals surface area contributed by atoms with Gasteiger partial charge in [0, 0.05) is 5.92 Å². The molecule has 0 saturated heterocycles. The molecule has 6 heteroatoms. The molecular weight excluding hydrogens is 495 g/mol. The van der Waals surface area contributed by atoms with Gasteiger partial charge in [-0.3, -0.25) is 9.32 Å². The number of hydrogen-bond acceptors (Lipinski definition) is 3. The lowest BCUT2D eigenvalue weighted by Gasteiger charge is -2.62. The fourth-order valence-electron chi connectivity index (χ4n) is 9.94. The molecule has 0 radical (unpaired) electrons. The fraction of sp³-hybridized carbons (Fsp3) is 0.906. The zero-order valence-electron chi connectivity index (χ0n) is 25.8. The van der Waals surface area contributed by atoms with Gasteiger partial charge in [-0.2, -0.15) is 0 Å². The van der Waals surface area contributed by atoms with E-state index in [4.69, 9.17) is 4.52 Å². The third-order valence-corrected chi connectivity index (χ3v) is 13.3. The van der Waals surface area contributed by atoms with Gasteiger partial charge in [0.15, 0.2) is 5.78 Å². The summed E-state index contributed by atoms with van der Waals surface area (Å²) in [6, 6.07) is 0. The Bertz CT molecular complexity index is 1020. The Balaban J connectivity index is 1.64. The van der Waals surface area contributed by atoms with Crippen molar-refractivity contribution in [1.29, 1.82) is 0 Å². The highest BCUT2D eigenvalue weighted by atomic mass is 31.2. The first-order valence-corrected chi connectivity index (χ1v) is 16.7. The van der Waals surface area contributed by atoms with Crippen molar-refractivity contribution in [3.63, 3.8) is 0 Å². The van der Waals surface area contributed by atoms with Crippen molar-refractivity contribution in [3.05, 3.63) is 11.6 Å². The monoisotopic (exact) mass is 550 g/mol. The van der Waals surface area contributed by atoms with Crippen molar-refractivity contribution in [3.8, 4) is 0 Å². The van der Waals surface area contributed by atoms with Gasteiger partial charge in [0.2, 0.25) is 0 Å². The summed E-state index contributed by atoms with van der Waals surface area (Å²) >= 11 is 0. The van der Waals surface area contributed by atoms with Crippen LogP contribution in [-0.2, 0) is 13.9 Å². The largest absolute Gasteiger partial charge is 0.469 e. The van der Waals surface area contributed by atoms with Crippen LogP contribution in [0.3, 0.4) is 0 Å². The van der Waals surface area contributed by atoms with E-state index in [0.29, 0.717) is 29.6 Å². The number of carbonyl (C=O) groups excluding carboxylic acids is 1. The van der Waals surface area contributed by atoms with Crippen molar-refractivity contribution in [2.75, 3.05) is 0 Å². The number of phosphoric ester groups is 1. The normalized spacial score (nSPS) is 42.7. The highest BCUT2D eigenvalue weighted by molar-refractivity contribution is 7.46. The molecule has 1 unspecified atom stereocenters. The molecule has 0 aromatic heterocycles. The molecule has 3 saturated carbocycles. The Kier molecular flexibility index (Phi) is 7.65. The predicted octanol–water partition coefficient (Wildman–Crippen LogP) is 8.35. The average Bonchev–Trinajstić information content (AvgIpc) is 3.04. The lowest BCUT2D eigenvalue weighted by atomic mass is 9.42. The molecule has 0 aromatic rings. The van der Waals surface area contributed by atoms with Gasteiger partial charge in [-0.1, -0.05) is 74.8 Å². The number of ketones is 1. The van der Waals surface area contributed by atoms with Crippen LogP contribution in [-0.4, -0.2) is 21.7 Å². The Morgan fingerprint density at radius 2 is 1.71 bits per heavy atom. The van der Waals surface area contributed by atoms with Crippen LogP contribution in [0.15, 0.2) is 11.6 Å². The Labute approximate surface area is 232 Å². The van der Waals surface area contributed by atoms with E-state index < -0.39 is 13.9 Å². The van der Waals surface area contributed by atoms with Gasteiger partial charge in [-0.15, -0.1) is 0 Å². The summed E-state index contributed by atoms with van der Waals surface area (Å²) < 4.78 is 16.8. The van der Waals surface area contributed by atoms with Gasteiger partial charge >= 0.3 is 7.82 Å². The second-order valence-electron chi connectivity index (χ2n) is 16.4. The van der Waals surface area contributed by atoms with E-state index in [-0.39, 0.29) is 39.3 Å². The van der Waals surface area contributed by atoms with E-state index in [2.05, 4.69) is 62.3 Å². The number of carbonyl (C=O) groups is 1. The van der Waals surface area contributed by atoms with Crippen LogP contribution in [0.1, 0.15) is 121 Å². The standard InChI is InChI=1S/C32H55O5P/c1-20-19-30(8)22-12-15-32(10)27(29(6,7)21(2)11-14-28(3,4)5)13-16-31(32,9)23(22)17-25(33)24(30)18-26(20)37-38(34,35)36/h17,20-22,24,26-27H,11-16,18-19H2,1-10H3,(H2,34,35,36)/t20-,21+,22?,24-,26-,27+,30+,31-,32+/m0/s1. The van der Waals surface area contributed by atoms with Crippen LogP contribution < -0.4 is 0 Å². The Morgan fingerprint density at radius 1 is 1.08 bits per heavy atom. The van der Waals surface area contributed by atoms with Crippen LogP contribution in [0, 0.1) is 56.7 Å². The lowest BCUT2D eigenvalue weighted by Crippen LogP contribution is -2.57. The van der Waals surface area contributed by atoms with Crippen molar-refractivity contribution in [1.82, 2.24) is 0 Å². The van der Waals surface area contributed by atoms with Crippen molar-refractivity contribution < 1.29 is 23.7 Å². The maximum absolute atomic E-state index is 13.8. The van der Waals surface area contributed by atoms with Crippen LogP contribution in [0.4, 0.5) is 0 Å². The highest BCUT2D eigenvalue weighted by Gasteiger charge is 2.66. The molecular formula is C32H55O5P. The second-order valence-corrected chi connectivity index (χ2v) is 17.6. The maximum atomic E-state index is 13.8. The molecule has 0 aromatic carbocycles. The van der Waals surface area contributed by atoms with Crippen molar-refractivity contribution >= 4 is 13.6 Å². The summed E-state index contributed by atoms with van der Waals surface area (Å²) in [4.78, 5) is 32.7. The van der Waals surface area contributed by atoms with Crippen LogP contribution in [0.25, 0.3) is 0 Å². The number of hydrogen-bond donors (Lipinski definition) is 2. The molecule has 9 atom stereocenters. The quantitative estimate of drug-likeness (QED) is 0.325. The van der Waals surface area contributed by atoms with E-state index in [0.717, 1.165) is 19.3 Å². The smallest absolute Gasteiger partial charge is 0.303 e. The fourth-order valence-corrected chi connectivity index (χ4v) is 10.6. The average molecular weight is 551 g/mol. The molecule has 0 amide bonds. The van der Waals surface area contributed by atoms with E-state index in [9.17, 15) is 19.1 Å². The van der Waals surface area contributed by atoms with Gasteiger partial charge in [0.05, 0.1) is 6.10 Å². The van der Waals surface area contributed by atoms with Gasteiger partial charge in [-0.25, -0.2) is 4.57 Å². The van der Waals surface area contributed by atoms with E-state index in [1.54, 1.807) is 0 Å². The summed E-state index contributed by atoms with van der Waals surface area (Å²) in [7, 11) is -4.60. The topological polar surface area (TPSA) is 83.8 Å². The summed E-state index contributed by atoms with van der Waals surface area (Å²) in [5, 5.41) is 0. The molecule has 0 bridgehead atoms.